The van der Waals surface area contributed by atoms with Gasteiger partial charge in [0.1, 0.15) is 0 Å². The van der Waals surface area contributed by atoms with Crippen LogP contribution < -0.4 is 24.8 Å². The molecule has 43 heavy (non-hydrogen) atoms. The Labute approximate surface area is 285 Å². The predicted molar refractivity (Wildman–Crippen MR) is 178 cm³/mol. The Balaban J connectivity index is 0.000000206. The van der Waals surface area contributed by atoms with Crippen LogP contribution in [0, 0.1) is 6.92 Å². The number of hydrogen-bond donors (Lipinski definition) is 0. The van der Waals surface area contributed by atoms with E-state index in [4.69, 9.17) is 0 Å². The first-order valence-corrected chi connectivity index (χ1v) is 21.2. The van der Waals surface area contributed by atoms with E-state index in [1.165, 1.54) is 81.5 Å². The average molecular weight is 699 g/mol. The van der Waals surface area contributed by atoms with Crippen molar-refractivity contribution >= 4 is 27.0 Å². The topological polar surface area (TPSA) is 0 Å². The van der Waals surface area contributed by atoms with E-state index >= 15 is 0 Å². The average Bonchev–Trinajstić information content (AvgIpc) is 3.61. The minimum absolute atomic E-state index is 0. The fraction of sp³-hybridized carbons (Fsp3) is 0.231. The number of aryl methyl sites for hydroxylation is 1. The van der Waals surface area contributed by atoms with Crippen LogP contribution in [0.2, 0.25) is 13.1 Å². The van der Waals surface area contributed by atoms with Crippen LogP contribution >= 0.6 is 0 Å². The molecule has 0 nitrogen and oxygen atoms in total. The van der Waals surface area contributed by atoms with Crippen molar-refractivity contribution in [3.05, 3.63) is 132 Å². The number of rotatable bonds is 3. The second-order valence-corrected chi connectivity index (χ2v) is 20.9. The summed E-state index contributed by atoms with van der Waals surface area (Å²) in [4.78, 5) is 0. The Morgan fingerprint density at radius 1 is 0.605 bits per heavy atom. The van der Waals surface area contributed by atoms with Gasteiger partial charge in [-0.05, 0) is 29.9 Å². The Morgan fingerprint density at radius 3 is 1.58 bits per heavy atom. The van der Waals surface area contributed by atoms with E-state index in [2.05, 4.69) is 141 Å². The van der Waals surface area contributed by atoms with E-state index < -0.39 is 0 Å². The molecular weight excluding hydrogens is 659 g/mol. The minimum Gasteiger partial charge on any atom is -1.00 e. The molecule has 0 bridgehead atoms. The first kappa shape index (κ1) is 35.3. The zero-order valence-corrected chi connectivity index (χ0v) is 30.4. The molecular formula is C39H40Cl2SiZr-2. The second kappa shape index (κ2) is 17.3. The third-order valence-electron chi connectivity index (χ3n) is 7.91. The standard InChI is InChI=1S/C21H21.C16H13.C2H6Si.2ClH.Zr/c1-3-8-16(9-4-1)19-14-18-12-7-13-20(21(18)15-19)17-10-5-2-6-11-17;1-12-10-14-8-5-9-15(16(14)11-12)13-6-3-2-4-7-13;1-3-2;;;/h2,5-7,10-16H,1,3-4,8-9H2;2-11H,1H3;1-2H3;2*1H;/q2*-1;;;;+2/p-2. The van der Waals surface area contributed by atoms with E-state index in [0.29, 0.717) is 0 Å². The minimum atomic E-state index is 0. The second-order valence-electron chi connectivity index (χ2n) is 11.5. The normalized spacial score (nSPS) is 12.7. The molecule has 0 radical (unpaired) electrons. The predicted octanol–water partition coefficient (Wildman–Crippen LogP) is 5.60. The Kier molecular flexibility index (Phi) is 14.2. The Hall–Kier alpha value is -2.22. The van der Waals surface area contributed by atoms with Crippen molar-refractivity contribution < 1.29 is 48.1 Å². The van der Waals surface area contributed by atoms with Crippen LogP contribution in [0.25, 0.3) is 43.8 Å². The van der Waals surface area contributed by atoms with Gasteiger partial charge in [-0.25, -0.2) is 0 Å². The molecule has 0 heterocycles. The van der Waals surface area contributed by atoms with E-state index in [1.54, 1.807) is 28.9 Å². The van der Waals surface area contributed by atoms with Crippen LogP contribution in [-0.2, 0) is 23.3 Å². The van der Waals surface area contributed by atoms with Crippen molar-refractivity contribution in [1.29, 1.82) is 0 Å². The third-order valence-corrected chi connectivity index (χ3v) is 7.91. The summed E-state index contributed by atoms with van der Waals surface area (Å²) in [6.07, 6.45) is 6.97. The van der Waals surface area contributed by atoms with Gasteiger partial charge in [-0.3, -0.25) is 0 Å². The fourth-order valence-corrected chi connectivity index (χ4v) is 6.05. The van der Waals surface area contributed by atoms with Crippen molar-refractivity contribution in [2.24, 2.45) is 0 Å². The first-order chi connectivity index (χ1) is 20.0. The van der Waals surface area contributed by atoms with Gasteiger partial charge in [0, 0.05) is 0 Å². The van der Waals surface area contributed by atoms with E-state index in [9.17, 15) is 0 Å². The molecule has 0 spiro atoms. The van der Waals surface area contributed by atoms with Gasteiger partial charge in [0.2, 0.25) is 0 Å². The number of halogens is 2. The fourth-order valence-electron chi connectivity index (χ4n) is 6.05. The van der Waals surface area contributed by atoms with Crippen LogP contribution in [0.3, 0.4) is 0 Å². The third kappa shape index (κ3) is 9.39. The quantitative estimate of drug-likeness (QED) is 0.167. The maximum atomic E-state index is 2.45. The van der Waals surface area contributed by atoms with E-state index in [1.807, 2.05) is 0 Å². The van der Waals surface area contributed by atoms with Crippen molar-refractivity contribution in [1.82, 2.24) is 0 Å². The van der Waals surface area contributed by atoms with Gasteiger partial charge in [0.15, 0.2) is 0 Å². The maximum absolute atomic E-state index is 2.45. The van der Waals surface area contributed by atoms with Crippen LogP contribution in [-0.4, -0.2) is 5.43 Å². The first-order valence-electron chi connectivity index (χ1n) is 15.0. The van der Waals surface area contributed by atoms with E-state index in [0.717, 1.165) is 5.92 Å². The van der Waals surface area contributed by atoms with Gasteiger partial charge < -0.3 is 24.8 Å². The zero-order valence-electron chi connectivity index (χ0n) is 25.4. The summed E-state index contributed by atoms with van der Waals surface area (Å²) in [7, 11) is 0. The summed E-state index contributed by atoms with van der Waals surface area (Å²) in [5.74, 6) is 0.787. The molecule has 0 unspecified atom stereocenters. The molecule has 4 heteroatoms. The molecule has 1 aliphatic rings. The van der Waals surface area contributed by atoms with E-state index in [-0.39, 0.29) is 30.2 Å². The van der Waals surface area contributed by atoms with Crippen LogP contribution in [0.4, 0.5) is 0 Å². The zero-order chi connectivity index (χ0) is 28.6. The molecule has 220 valence electrons. The van der Waals surface area contributed by atoms with Gasteiger partial charge in [-0.15, -0.1) is 69.1 Å². The molecule has 0 saturated heterocycles. The van der Waals surface area contributed by atoms with Gasteiger partial charge in [-0.1, -0.05) is 110 Å². The summed E-state index contributed by atoms with van der Waals surface area (Å²) >= 11 is 1.74. The van der Waals surface area contributed by atoms with Crippen LogP contribution in [0.15, 0.2) is 121 Å². The number of fused-ring (bicyclic) bond motifs is 2. The molecule has 0 aromatic heterocycles. The molecule has 0 aliphatic heterocycles. The SMILES string of the molecule is C[Si](C)=[Zr+2].Cc1cc2c(-c3ccccc3)cccc2[cH-]1.[Cl-].[Cl-].c1ccc(-c2cccc3[cH-]c(C4CCCCC4)cc23)cc1. The largest absolute Gasteiger partial charge is 1.00 e. The summed E-state index contributed by atoms with van der Waals surface area (Å²) in [5, 5.41) is 5.51. The summed E-state index contributed by atoms with van der Waals surface area (Å²) < 4.78 is 0. The molecule has 0 amide bonds. The van der Waals surface area contributed by atoms with Crippen molar-refractivity contribution in [2.45, 2.75) is 58.0 Å². The van der Waals surface area contributed by atoms with Crippen molar-refractivity contribution in [3.63, 3.8) is 0 Å². The molecule has 1 aliphatic carbocycles. The Bertz CT molecular complexity index is 1710. The van der Waals surface area contributed by atoms with Gasteiger partial charge in [-0.2, -0.15) is 12.1 Å². The molecule has 0 atom stereocenters. The molecule has 1 saturated carbocycles. The van der Waals surface area contributed by atoms with Crippen molar-refractivity contribution in [3.8, 4) is 22.3 Å². The van der Waals surface area contributed by atoms with Crippen molar-refractivity contribution in [2.75, 3.05) is 0 Å². The molecule has 1 fully saturated rings. The summed E-state index contributed by atoms with van der Waals surface area (Å²) in [6.45, 7) is 6.76. The molecule has 6 aromatic rings. The Morgan fingerprint density at radius 2 is 1.07 bits per heavy atom. The van der Waals surface area contributed by atoms with Gasteiger partial charge in [0.05, 0.1) is 0 Å². The summed E-state index contributed by atoms with van der Waals surface area (Å²) in [6, 6.07) is 43.9. The van der Waals surface area contributed by atoms with Gasteiger partial charge in [0.25, 0.3) is 0 Å². The molecule has 7 rings (SSSR count). The van der Waals surface area contributed by atoms with Crippen LogP contribution in [0.5, 0.6) is 0 Å². The number of hydrogen-bond acceptors (Lipinski definition) is 0. The maximum Gasteiger partial charge on any atom is -0.0279 e. The monoisotopic (exact) mass is 696 g/mol. The smallest absolute Gasteiger partial charge is 0.0279 e. The van der Waals surface area contributed by atoms with Gasteiger partial charge >= 0.3 is 41.9 Å². The molecule has 0 N–H and O–H groups in total. The number of benzene rings is 4. The van der Waals surface area contributed by atoms with Crippen LogP contribution in [0.1, 0.15) is 49.1 Å². The summed E-state index contributed by atoms with van der Waals surface area (Å²) in [5.41, 5.74) is 8.41. The molecule has 6 aromatic carbocycles.